The highest BCUT2D eigenvalue weighted by Crippen LogP contribution is 2.07. The number of carbonyl (C=O) groups excluding carboxylic acids is 2. The summed E-state index contributed by atoms with van der Waals surface area (Å²) in [6.45, 7) is 8.89. The molecule has 0 fully saturated rings. The second-order valence-electron chi connectivity index (χ2n) is 4.85. The summed E-state index contributed by atoms with van der Waals surface area (Å²) in [5, 5.41) is 0. The molecule has 0 spiro atoms. The molecular weight excluding hydrogens is 218 g/mol. The van der Waals surface area contributed by atoms with E-state index in [2.05, 4.69) is 0 Å². The Bertz CT molecular complexity index is 318. The molecule has 17 heavy (non-hydrogen) atoms. The monoisotopic (exact) mass is 242 g/mol. The van der Waals surface area contributed by atoms with Crippen LogP contribution in [0.25, 0.3) is 0 Å². The molecule has 0 heterocycles. The molecule has 0 aliphatic rings. The minimum Gasteiger partial charge on any atom is -0.275 e. The number of rotatable bonds is 3. The van der Waals surface area contributed by atoms with Crippen LogP contribution in [0.3, 0.4) is 0 Å². The van der Waals surface area contributed by atoms with Gasteiger partial charge in [0.15, 0.2) is 0 Å². The summed E-state index contributed by atoms with van der Waals surface area (Å²) in [4.78, 5) is 26.6. The summed E-state index contributed by atoms with van der Waals surface area (Å²) >= 11 is 0. The fourth-order valence-electron chi connectivity index (χ4n) is 1.50. The largest absolute Gasteiger partial charge is 0.418 e. The first kappa shape index (κ1) is 15.6. The average Bonchev–Trinajstić information content (AvgIpc) is 2.11. The number of carbonyl (C=O) groups is 2. The SMILES string of the molecule is CC(=O)N(C(=O)N(C=[N+](C)C)C(C)C)C(C)C. The maximum absolute atomic E-state index is 12.3. The van der Waals surface area contributed by atoms with Crippen molar-refractivity contribution in [3.8, 4) is 0 Å². The minimum atomic E-state index is -0.281. The molecule has 3 amide bonds. The van der Waals surface area contributed by atoms with Gasteiger partial charge in [-0.3, -0.25) is 9.37 Å². The third kappa shape index (κ3) is 4.54. The van der Waals surface area contributed by atoms with Gasteiger partial charge in [0.1, 0.15) is 6.04 Å². The molecule has 5 heteroatoms. The van der Waals surface area contributed by atoms with E-state index in [1.54, 1.807) is 15.8 Å². The first-order valence-electron chi connectivity index (χ1n) is 5.82. The number of hydrogen-bond acceptors (Lipinski definition) is 2. The molecular formula is C12H24N3O2+. The van der Waals surface area contributed by atoms with Gasteiger partial charge in [0.2, 0.25) is 12.2 Å². The van der Waals surface area contributed by atoms with Crippen LogP contribution in [0, 0.1) is 0 Å². The Labute approximate surface area is 104 Å². The van der Waals surface area contributed by atoms with Crippen molar-refractivity contribution in [2.45, 2.75) is 46.7 Å². The molecule has 0 radical (unpaired) electrons. The highest BCUT2D eigenvalue weighted by molar-refractivity contribution is 5.97. The fraction of sp³-hybridized carbons (Fsp3) is 0.750. The standard InChI is InChI=1S/C12H24N3O2/c1-9(2)14(8-13(6)7)12(17)15(10(3)4)11(5)16/h8-10H,1-7H3/q+1. The quantitative estimate of drug-likeness (QED) is 0.426. The summed E-state index contributed by atoms with van der Waals surface area (Å²) in [5.74, 6) is -0.234. The lowest BCUT2D eigenvalue weighted by atomic mass is 10.3. The number of imide groups is 1. The van der Waals surface area contributed by atoms with Crippen molar-refractivity contribution >= 4 is 18.3 Å². The summed E-state index contributed by atoms with van der Waals surface area (Å²) in [6, 6.07) is -0.418. The Balaban J connectivity index is 5.19. The second kappa shape index (κ2) is 6.37. The summed E-state index contributed by atoms with van der Waals surface area (Å²) in [7, 11) is 3.69. The minimum absolute atomic E-state index is 0.00509. The molecule has 0 unspecified atom stereocenters. The molecule has 0 N–H and O–H groups in total. The first-order valence-corrected chi connectivity index (χ1v) is 5.82. The van der Waals surface area contributed by atoms with Crippen molar-refractivity contribution in [3.63, 3.8) is 0 Å². The maximum Gasteiger partial charge on any atom is 0.418 e. The van der Waals surface area contributed by atoms with Crippen molar-refractivity contribution in [1.29, 1.82) is 0 Å². The van der Waals surface area contributed by atoms with Gasteiger partial charge >= 0.3 is 6.03 Å². The Morgan fingerprint density at radius 2 is 1.53 bits per heavy atom. The van der Waals surface area contributed by atoms with Crippen molar-refractivity contribution in [2.75, 3.05) is 14.1 Å². The van der Waals surface area contributed by atoms with Crippen LogP contribution in [0.2, 0.25) is 0 Å². The lowest BCUT2D eigenvalue weighted by Crippen LogP contribution is -2.51. The van der Waals surface area contributed by atoms with Gasteiger partial charge in [-0.05, 0) is 27.7 Å². The van der Waals surface area contributed by atoms with Crippen molar-refractivity contribution in [2.24, 2.45) is 0 Å². The van der Waals surface area contributed by atoms with Gasteiger partial charge in [0.25, 0.3) is 0 Å². The Hall–Kier alpha value is -1.39. The van der Waals surface area contributed by atoms with E-state index in [4.69, 9.17) is 0 Å². The van der Waals surface area contributed by atoms with Crippen LogP contribution in [0.1, 0.15) is 34.6 Å². The van der Waals surface area contributed by atoms with Gasteiger partial charge in [-0.25, -0.2) is 9.69 Å². The average molecular weight is 242 g/mol. The molecule has 0 atom stereocenters. The Kier molecular flexibility index (Phi) is 5.85. The van der Waals surface area contributed by atoms with E-state index in [1.165, 1.54) is 11.8 Å². The third-order valence-electron chi connectivity index (χ3n) is 2.19. The van der Waals surface area contributed by atoms with Crippen LogP contribution in [0.5, 0.6) is 0 Å². The van der Waals surface area contributed by atoms with E-state index in [9.17, 15) is 9.59 Å². The van der Waals surface area contributed by atoms with Gasteiger partial charge in [-0.2, -0.15) is 4.90 Å². The maximum atomic E-state index is 12.3. The van der Waals surface area contributed by atoms with E-state index in [1.807, 2.05) is 41.8 Å². The van der Waals surface area contributed by atoms with Gasteiger partial charge in [-0.15, -0.1) is 0 Å². The van der Waals surface area contributed by atoms with Crippen molar-refractivity contribution in [3.05, 3.63) is 0 Å². The topological polar surface area (TPSA) is 43.6 Å². The zero-order valence-electron chi connectivity index (χ0n) is 11.9. The fourth-order valence-corrected chi connectivity index (χ4v) is 1.50. The molecule has 0 bridgehead atoms. The highest BCUT2D eigenvalue weighted by Gasteiger charge is 2.32. The zero-order chi connectivity index (χ0) is 13.7. The zero-order valence-corrected chi connectivity index (χ0v) is 11.9. The molecule has 0 saturated carbocycles. The number of amides is 3. The number of nitrogens with zero attached hydrogens (tertiary/aromatic N) is 3. The molecule has 0 aliphatic heterocycles. The van der Waals surface area contributed by atoms with Crippen LogP contribution < -0.4 is 0 Å². The van der Waals surface area contributed by atoms with Crippen LogP contribution in [-0.4, -0.2) is 58.8 Å². The second-order valence-corrected chi connectivity index (χ2v) is 4.85. The Morgan fingerprint density at radius 1 is 1.06 bits per heavy atom. The number of hydrogen-bond donors (Lipinski definition) is 0. The van der Waals surface area contributed by atoms with Gasteiger partial charge < -0.3 is 0 Å². The molecule has 0 aromatic carbocycles. The summed E-state index contributed by atoms with van der Waals surface area (Å²) in [6.07, 6.45) is 1.70. The van der Waals surface area contributed by atoms with Crippen LogP contribution >= 0.6 is 0 Å². The first-order chi connectivity index (χ1) is 7.68. The van der Waals surface area contributed by atoms with Crippen molar-refractivity contribution < 1.29 is 14.2 Å². The van der Waals surface area contributed by atoms with E-state index in [0.29, 0.717) is 0 Å². The summed E-state index contributed by atoms with van der Waals surface area (Å²) in [5.41, 5.74) is 0. The Morgan fingerprint density at radius 3 is 1.76 bits per heavy atom. The van der Waals surface area contributed by atoms with Crippen molar-refractivity contribution in [1.82, 2.24) is 9.80 Å². The highest BCUT2D eigenvalue weighted by atomic mass is 16.2. The van der Waals surface area contributed by atoms with E-state index in [0.717, 1.165) is 0 Å². The normalized spacial score (nSPS) is 10.4. The van der Waals surface area contributed by atoms with Gasteiger partial charge in [-0.1, -0.05) is 0 Å². The lowest BCUT2D eigenvalue weighted by Gasteiger charge is -2.26. The molecule has 0 rings (SSSR count). The lowest BCUT2D eigenvalue weighted by molar-refractivity contribution is -0.464. The summed E-state index contributed by atoms with van der Waals surface area (Å²) < 4.78 is 1.79. The molecule has 98 valence electrons. The van der Waals surface area contributed by atoms with Gasteiger partial charge in [0.05, 0.1) is 14.1 Å². The van der Waals surface area contributed by atoms with E-state index in [-0.39, 0.29) is 24.0 Å². The van der Waals surface area contributed by atoms with E-state index < -0.39 is 0 Å². The van der Waals surface area contributed by atoms with E-state index >= 15 is 0 Å². The molecule has 0 aliphatic carbocycles. The molecule has 0 saturated heterocycles. The molecule has 0 aromatic rings. The van der Waals surface area contributed by atoms with Crippen LogP contribution in [0.15, 0.2) is 0 Å². The van der Waals surface area contributed by atoms with Crippen LogP contribution in [-0.2, 0) is 4.79 Å². The molecule has 0 aromatic heterocycles. The number of urea groups is 1. The smallest absolute Gasteiger partial charge is 0.275 e. The third-order valence-corrected chi connectivity index (χ3v) is 2.19. The predicted octanol–water partition coefficient (Wildman–Crippen LogP) is 1.37. The van der Waals surface area contributed by atoms with Gasteiger partial charge in [0, 0.05) is 13.0 Å². The van der Waals surface area contributed by atoms with Crippen LogP contribution in [0.4, 0.5) is 4.79 Å². The molecule has 5 nitrogen and oxygen atoms in total. The predicted molar refractivity (Wildman–Crippen MR) is 68.2 cm³/mol.